The molecule has 0 unspecified atom stereocenters. The summed E-state index contributed by atoms with van der Waals surface area (Å²) in [7, 11) is 5.26. The summed E-state index contributed by atoms with van der Waals surface area (Å²) >= 11 is 6.88. The molecule has 29 heavy (non-hydrogen) atoms. The number of carbonyl (C=O) groups is 1. The molecule has 0 atom stereocenters. The maximum Gasteiger partial charge on any atom is 0.251 e. The molecule has 1 heterocycles. The number of carbonyl (C=O) groups excluding carboxylic acids is 1. The molecular weight excluding hydrogens is 406 g/mol. The van der Waals surface area contributed by atoms with E-state index in [2.05, 4.69) is 20.6 Å². The number of hydrogen-bond donors (Lipinski definition) is 2. The number of ether oxygens (including phenoxy) is 1. The third-order valence-electron chi connectivity index (χ3n) is 4.23. The maximum absolute atomic E-state index is 11.6. The second kappa shape index (κ2) is 9.64. The number of benzene rings is 2. The normalized spacial score (nSPS) is 10.8. The maximum atomic E-state index is 11.6. The van der Waals surface area contributed by atoms with Crippen LogP contribution in [0.15, 0.2) is 48.5 Å². The standard InChI is InChI=1S/C20H23N5O2S2/c1-21-18(26)15-10-8-14(9-11-15)12-24(2)13-25-20(28)29-19(23-25)22-16-6-4-5-7-17(16)27-3/h4-11H,12-13H2,1-3H3,(H,21,26)(H,22,23). The number of para-hydroxylation sites is 2. The lowest BCUT2D eigenvalue weighted by molar-refractivity contribution is 0.0963. The van der Waals surface area contributed by atoms with Crippen LogP contribution in [-0.2, 0) is 13.2 Å². The van der Waals surface area contributed by atoms with Crippen LogP contribution in [0, 0.1) is 3.95 Å². The zero-order chi connectivity index (χ0) is 20.8. The average Bonchev–Trinajstić information content (AvgIpc) is 3.06. The Morgan fingerprint density at radius 1 is 1.24 bits per heavy atom. The van der Waals surface area contributed by atoms with Crippen molar-refractivity contribution in [2.24, 2.45) is 0 Å². The smallest absolute Gasteiger partial charge is 0.251 e. The van der Waals surface area contributed by atoms with E-state index in [1.165, 1.54) is 11.3 Å². The molecule has 3 aromatic rings. The topological polar surface area (TPSA) is 71.4 Å². The van der Waals surface area contributed by atoms with Gasteiger partial charge in [0, 0.05) is 19.2 Å². The van der Waals surface area contributed by atoms with Crippen LogP contribution >= 0.6 is 23.6 Å². The van der Waals surface area contributed by atoms with Crippen molar-refractivity contribution < 1.29 is 9.53 Å². The van der Waals surface area contributed by atoms with Crippen molar-refractivity contribution >= 4 is 40.3 Å². The minimum absolute atomic E-state index is 0.0891. The van der Waals surface area contributed by atoms with Gasteiger partial charge in [0.1, 0.15) is 5.75 Å². The number of hydrogen-bond acceptors (Lipinski definition) is 7. The molecule has 1 amide bonds. The predicted molar refractivity (Wildman–Crippen MR) is 119 cm³/mol. The molecule has 0 bridgehead atoms. The first-order valence-electron chi connectivity index (χ1n) is 8.97. The minimum atomic E-state index is -0.0891. The fraction of sp³-hybridized carbons (Fsp3) is 0.250. The van der Waals surface area contributed by atoms with Crippen LogP contribution in [0.4, 0.5) is 10.8 Å². The van der Waals surface area contributed by atoms with Gasteiger partial charge in [-0.25, -0.2) is 4.68 Å². The summed E-state index contributed by atoms with van der Waals surface area (Å²) in [4.78, 5) is 13.8. The van der Waals surface area contributed by atoms with Crippen molar-refractivity contribution in [3.8, 4) is 5.75 Å². The molecule has 0 aliphatic carbocycles. The van der Waals surface area contributed by atoms with Gasteiger partial charge >= 0.3 is 0 Å². The highest BCUT2D eigenvalue weighted by Crippen LogP contribution is 2.28. The highest BCUT2D eigenvalue weighted by molar-refractivity contribution is 7.73. The van der Waals surface area contributed by atoms with E-state index in [-0.39, 0.29) is 5.91 Å². The van der Waals surface area contributed by atoms with Crippen LogP contribution < -0.4 is 15.4 Å². The van der Waals surface area contributed by atoms with E-state index in [1.807, 2.05) is 55.6 Å². The zero-order valence-corrected chi connectivity index (χ0v) is 18.1. The third kappa shape index (κ3) is 5.41. The third-order valence-corrected chi connectivity index (χ3v) is 5.45. The summed E-state index contributed by atoms with van der Waals surface area (Å²) in [6.07, 6.45) is 0. The van der Waals surface area contributed by atoms with Gasteiger partial charge in [0.15, 0.2) is 3.95 Å². The van der Waals surface area contributed by atoms with Crippen LogP contribution in [0.2, 0.25) is 0 Å². The molecule has 0 fully saturated rings. The fourth-order valence-corrected chi connectivity index (χ4v) is 3.81. The zero-order valence-electron chi connectivity index (χ0n) is 16.5. The number of rotatable bonds is 8. The Labute approximate surface area is 178 Å². The van der Waals surface area contributed by atoms with E-state index in [0.717, 1.165) is 17.0 Å². The van der Waals surface area contributed by atoms with Gasteiger partial charge in [-0.1, -0.05) is 35.6 Å². The highest BCUT2D eigenvalue weighted by atomic mass is 32.1. The Morgan fingerprint density at radius 3 is 2.66 bits per heavy atom. The second-order valence-electron chi connectivity index (χ2n) is 6.43. The second-order valence-corrected chi connectivity index (χ2v) is 8.05. The number of nitrogens with one attached hydrogen (secondary N) is 2. The molecule has 152 valence electrons. The van der Waals surface area contributed by atoms with Gasteiger partial charge in [-0.2, -0.15) is 0 Å². The Bertz CT molecular complexity index is 1030. The number of methoxy groups -OCH3 is 1. The molecule has 0 aliphatic rings. The van der Waals surface area contributed by atoms with E-state index >= 15 is 0 Å². The van der Waals surface area contributed by atoms with Gasteiger partial charge in [0.2, 0.25) is 5.13 Å². The lowest BCUT2D eigenvalue weighted by Gasteiger charge is -2.16. The van der Waals surface area contributed by atoms with Crippen LogP contribution in [0.3, 0.4) is 0 Å². The first kappa shape index (κ1) is 21.0. The van der Waals surface area contributed by atoms with Gasteiger partial charge in [0.25, 0.3) is 5.91 Å². The lowest BCUT2D eigenvalue weighted by atomic mass is 10.1. The summed E-state index contributed by atoms with van der Waals surface area (Å²) in [5, 5.41) is 11.2. The molecule has 1 aromatic heterocycles. The molecule has 7 nitrogen and oxygen atoms in total. The van der Waals surface area contributed by atoms with E-state index in [9.17, 15) is 4.79 Å². The molecule has 0 aliphatic heterocycles. The first-order chi connectivity index (χ1) is 14.0. The quantitative estimate of drug-likeness (QED) is 0.530. The molecule has 0 saturated carbocycles. The Hall–Kier alpha value is -2.75. The molecule has 3 rings (SSSR count). The van der Waals surface area contributed by atoms with Crippen LogP contribution in [0.25, 0.3) is 0 Å². The monoisotopic (exact) mass is 429 g/mol. The Balaban J connectivity index is 1.64. The van der Waals surface area contributed by atoms with E-state index in [0.29, 0.717) is 27.9 Å². The predicted octanol–water partition coefficient (Wildman–Crippen LogP) is 3.88. The first-order valence-corrected chi connectivity index (χ1v) is 10.2. The molecule has 0 spiro atoms. The SMILES string of the molecule is CNC(=O)c1ccc(CN(C)Cn2nc(Nc3ccccc3OC)sc2=S)cc1. The van der Waals surface area contributed by atoms with Crippen LogP contribution in [0.5, 0.6) is 5.75 Å². The largest absolute Gasteiger partial charge is 0.495 e. The molecule has 0 saturated heterocycles. The van der Waals surface area contributed by atoms with Gasteiger partial charge in [-0.15, -0.1) is 5.10 Å². The number of anilines is 2. The summed E-state index contributed by atoms with van der Waals surface area (Å²) in [6, 6.07) is 15.2. The summed E-state index contributed by atoms with van der Waals surface area (Å²) in [5.74, 6) is 0.659. The molecule has 9 heteroatoms. The van der Waals surface area contributed by atoms with Gasteiger partial charge in [-0.3, -0.25) is 9.69 Å². The summed E-state index contributed by atoms with van der Waals surface area (Å²) < 4.78 is 7.84. The highest BCUT2D eigenvalue weighted by Gasteiger charge is 2.10. The number of nitrogens with zero attached hydrogens (tertiary/aromatic N) is 3. The van der Waals surface area contributed by atoms with Gasteiger partial charge < -0.3 is 15.4 Å². The van der Waals surface area contributed by atoms with Crippen LogP contribution in [0.1, 0.15) is 15.9 Å². The number of amides is 1. The average molecular weight is 430 g/mol. The van der Waals surface area contributed by atoms with Crippen molar-refractivity contribution in [2.75, 3.05) is 26.5 Å². The fourth-order valence-electron chi connectivity index (χ4n) is 2.81. The molecule has 2 N–H and O–H groups in total. The van der Waals surface area contributed by atoms with Crippen LogP contribution in [-0.4, -0.2) is 41.8 Å². The molecule has 0 radical (unpaired) electrons. The number of aromatic nitrogens is 2. The van der Waals surface area contributed by atoms with Crippen molar-refractivity contribution in [3.05, 3.63) is 63.6 Å². The van der Waals surface area contributed by atoms with Crippen molar-refractivity contribution in [1.29, 1.82) is 0 Å². The van der Waals surface area contributed by atoms with E-state index in [4.69, 9.17) is 17.0 Å². The van der Waals surface area contributed by atoms with Crippen molar-refractivity contribution in [1.82, 2.24) is 20.0 Å². The summed E-state index contributed by atoms with van der Waals surface area (Å²) in [6.45, 7) is 1.27. The van der Waals surface area contributed by atoms with E-state index < -0.39 is 0 Å². The Morgan fingerprint density at radius 2 is 1.97 bits per heavy atom. The van der Waals surface area contributed by atoms with Gasteiger partial charge in [-0.05, 0) is 49.1 Å². The van der Waals surface area contributed by atoms with Crippen molar-refractivity contribution in [3.63, 3.8) is 0 Å². The Kier molecular flexibility index (Phi) is 6.97. The minimum Gasteiger partial charge on any atom is -0.495 e. The van der Waals surface area contributed by atoms with Crippen molar-refractivity contribution in [2.45, 2.75) is 13.2 Å². The summed E-state index contributed by atoms with van der Waals surface area (Å²) in [5.41, 5.74) is 2.59. The van der Waals surface area contributed by atoms with Gasteiger partial charge in [0.05, 0.1) is 19.5 Å². The van der Waals surface area contributed by atoms with E-state index in [1.54, 1.807) is 18.8 Å². The molecule has 2 aromatic carbocycles. The molecular formula is C20H23N5O2S2. The lowest BCUT2D eigenvalue weighted by Crippen LogP contribution is -2.22.